The lowest BCUT2D eigenvalue weighted by Gasteiger charge is -2.07. The Labute approximate surface area is 93.3 Å². The van der Waals surface area contributed by atoms with Crippen molar-refractivity contribution in [2.24, 2.45) is 5.73 Å². The normalized spacial score (nSPS) is 22.8. The van der Waals surface area contributed by atoms with Crippen LogP contribution in [0.15, 0.2) is 24.3 Å². The Balaban J connectivity index is 2.30. The molecule has 0 aliphatic carbocycles. The van der Waals surface area contributed by atoms with Gasteiger partial charge in [0.05, 0.1) is 7.11 Å². The van der Waals surface area contributed by atoms with Crippen LogP contribution < -0.4 is 19.6 Å². The van der Waals surface area contributed by atoms with Gasteiger partial charge in [-0.05, 0) is 17.7 Å². The minimum atomic E-state index is -3.50. The van der Waals surface area contributed by atoms with E-state index in [9.17, 15) is 8.42 Å². The highest BCUT2D eigenvalue weighted by atomic mass is 32.2. The zero-order valence-corrected chi connectivity index (χ0v) is 9.41. The Morgan fingerprint density at radius 1 is 1.38 bits per heavy atom. The molecule has 4 N–H and O–H groups in total. The molecule has 1 heterocycles. The molecule has 0 unspecified atom stereocenters. The first-order valence-corrected chi connectivity index (χ1v) is 6.06. The third-order valence-corrected chi connectivity index (χ3v) is 3.34. The molecule has 1 atom stereocenters. The third kappa shape index (κ3) is 2.00. The lowest BCUT2D eigenvalue weighted by atomic mass is 10.1. The van der Waals surface area contributed by atoms with Crippen LogP contribution in [0.1, 0.15) is 11.6 Å². The number of amidine groups is 1. The van der Waals surface area contributed by atoms with Crippen LogP contribution in [0.5, 0.6) is 5.75 Å². The van der Waals surface area contributed by atoms with Crippen LogP contribution >= 0.6 is 0 Å². The van der Waals surface area contributed by atoms with Gasteiger partial charge in [-0.1, -0.05) is 12.1 Å². The van der Waals surface area contributed by atoms with Crippen LogP contribution in [0, 0.1) is 0 Å². The van der Waals surface area contributed by atoms with Gasteiger partial charge in [-0.15, -0.1) is 0 Å². The highest BCUT2D eigenvalue weighted by Crippen LogP contribution is 2.18. The molecule has 16 heavy (non-hydrogen) atoms. The van der Waals surface area contributed by atoms with Crippen molar-refractivity contribution in [2.75, 3.05) is 7.11 Å². The van der Waals surface area contributed by atoms with Gasteiger partial charge in [0.1, 0.15) is 5.75 Å². The fraction of sp³-hybridized carbons (Fsp3) is 0.222. The number of methoxy groups -OCH3 is 1. The van der Waals surface area contributed by atoms with Crippen molar-refractivity contribution >= 4 is 16.0 Å². The zero-order valence-electron chi connectivity index (χ0n) is 8.60. The molecule has 6 nitrogen and oxygen atoms in total. The maximum absolute atomic E-state index is 11.2. The molecule has 1 aliphatic rings. The molecule has 7 heteroatoms. The largest absolute Gasteiger partial charge is 0.497 e. The van der Waals surface area contributed by atoms with E-state index in [-0.39, 0.29) is 5.84 Å². The van der Waals surface area contributed by atoms with E-state index in [0.717, 1.165) is 5.56 Å². The maximum atomic E-state index is 11.2. The van der Waals surface area contributed by atoms with Gasteiger partial charge < -0.3 is 4.74 Å². The van der Waals surface area contributed by atoms with Crippen molar-refractivity contribution in [3.63, 3.8) is 0 Å². The molecule has 1 aliphatic heterocycles. The summed E-state index contributed by atoms with van der Waals surface area (Å²) in [4.78, 5) is 0. The summed E-state index contributed by atoms with van der Waals surface area (Å²) >= 11 is 0. The smallest absolute Gasteiger partial charge is 0.371 e. The van der Waals surface area contributed by atoms with Crippen molar-refractivity contribution in [1.29, 1.82) is 0 Å². The Morgan fingerprint density at radius 2 is 2.00 bits per heavy atom. The zero-order chi connectivity index (χ0) is 11.8. The first-order chi connectivity index (χ1) is 7.52. The molecule has 2 rings (SSSR count). The minimum Gasteiger partial charge on any atom is -0.497 e. The van der Waals surface area contributed by atoms with Crippen LogP contribution in [-0.2, 0) is 10.2 Å². The molecule has 0 spiro atoms. The van der Waals surface area contributed by atoms with Crippen molar-refractivity contribution < 1.29 is 17.6 Å². The highest BCUT2D eigenvalue weighted by molar-refractivity contribution is 7.83. The van der Waals surface area contributed by atoms with Gasteiger partial charge in [-0.3, -0.25) is 5.73 Å². The molecule has 0 fully saturated rings. The number of nitrogens with one attached hydrogen (secondary N) is 2. The van der Waals surface area contributed by atoms with Crippen LogP contribution in [0.3, 0.4) is 0 Å². The molecule has 0 bridgehead atoms. The molecule has 0 aromatic heterocycles. The Kier molecular flexibility index (Phi) is 2.56. The Bertz CT molecular complexity index is 521. The van der Waals surface area contributed by atoms with Gasteiger partial charge in [-0.2, -0.15) is 17.5 Å². The first kappa shape index (κ1) is 10.9. The van der Waals surface area contributed by atoms with E-state index in [1.165, 1.54) is 0 Å². The molecular weight excluding hydrogens is 230 g/mol. The molecule has 86 valence electrons. The standard InChI is InChI=1S/C9H11N3O3S/c1-15-7-4-2-6(3-5-7)8-9(10)12-16(13,14)11-8/h2-5,8,11H,1H3,(H2,10,12)/p+1/t8-/m0/s1. The van der Waals surface area contributed by atoms with E-state index in [1.807, 2.05) is 0 Å². The van der Waals surface area contributed by atoms with Crippen molar-refractivity contribution in [3.05, 3.63) is 29.8 Å². The summed E-state index contributed by atoms with van der Waals surface area (Å²) in [7, 11) is -1.94. The summed E-state index contributed by atoms with van der Waals surface area (Å²) in [5.41, 5.74) is 6.35. The van der Waals surface area contributed by atoms with E-state index >= 15 is 0 Å². The lowest BCUT2D eigenvalue weighted by Crippen LogP contribution is -2.76. The van der Waals surface area contributed by atoms with Crippen molar-refractivity contribution in [3.8, 4) is 5.75 Å². The predicted molar refractivity (Wildman–Crippen MR) is 57.9 cm³/mol. The van der Waals surface area contributed by atoms with Gasteiger partial charge in [0, 0.05) is 0 Å². The molecule has 0 radical (unpaired) electrons. The topological polar surface area (TPSA) is 95.4 Å². The second-order valence-electron chi connectivity index (χ2n) is 3.38. The molecule has 1 aromatic rings. The van der Waals surface area contributed by atoms with Crippen LogP contribution in [0.25, 0.3) is 0 Å². The van der Waals surface area contributed by atoms with Crippen molar-refractivity contribution in [2.45, 2.75) is 6.04 Å². The van der Waals surface area contributed by atoms with Crippen LogP contribution in [0.4, 0.5) is 0 Å². The SMILES string of the molecule is COc1ccc([C@@H]2NS(=O)(=O)[NH+]=C2N)cc1. The number of nitrogens with two attached hydrogens (primary N) is 1. The van der Waals surface area contributed by atoms with Gasteiger partial charge >= 0.3 is 10.2 Å². The molecule has 1 aromatic carbocycles. The monoisotopic (exact) mass is 242 g/mol. The highest BCUT2D eigenvalue weighted by Gasteiger charge is 2.34. The second-order valence-corrected chi connectivity index (χ2v) is 4.83. The average molecular weight is 242 g/mol. The summed E-state index contributed by atoms with van der Waals surface area (Å²) in [6.07, 6.45) is 0. The summed E-state index contributed by atoms with van der Waals surface area (Å²) < 4.78 is 32.0. The fourth-order valence-corrected chi connectivity index (χ4v) is 2.57. The predicted octanol–water partition coefficient (Wildman–Crippen LogP) is -1.98. The van der Waals surface area contributed by atoms with Crippen LogP contribution in [-0.4, -0.2) is 21.4 Å². The van der Waals surface area contributed by atoms with Gasteiger partial charge in [0.15, 0.2) is 6.04 Å². The number of rotatable bonds is 2. The first-order valence-electron chi connectivity index (χ1n) is 4.58. The minimum absolute atomic E-state index is 0.171. The molecule has 0 saturated carbocycles. The number of hydrogen-bond donors (Lipinski definition) is 3. The lowest BCUT2D eigenvalue weighted by molar-refractivity contribution is -0.265. The van der Waals surface area contributed by atoms with E-state index in [1.54, 1.807) is 31.4 Å². The van der Waals surface area contributed by atoms with E-state index in [4.69, 9.17) is 10.5 Å². The van der Waals surface area contributed by atoms with Gasteiger partial charge in [-0.25, -0.2) is 0 Å². The fourth-order valence-electron chi connectivity index (χ4n) is 1.51. The van der Waals surface area contributed by atoms with E-state index in [2.05, 4.69) is 9.12 Å². The molecule has 0 saturated heterocycles. The summed E-state index contributed by atoms with van der Waals surface area (Å²) in [5.74, 6) is 0.876. The number of benzene rings is 1. The maximum Gasteiger partial charge on any atom is 0.371 e. The van der Waals surface area contributed by atoms with Crippen LogP contribution in [0.2, 0.25) is 0 Å². The third-order valence-electron chi connectivity index (χ3n) is 2.29. The van der Waals surface area contributed by atoms with E-state index < -0.39 is 16.3 Å². The Hall–Kier alpha value is -1.60. The van der Waals surface area contributed by atoms with Gasteiger partial charge in [0.2, 0.25) is 0 Å². The summed E-state index contributed by atoms with van der Waals surface area (Å²) in [6, 6.07) is 6.47. The van der Waals surface area contributed by atoms with Crippen molar-refractivity contribution in [1.82, 2.24) is 4.72 Å². The van der Waals surface area contributed by atoms with Gasteiger partial charge in [0.25, 0.3) is 5.84 Å². The average Bonchev–Trinajstić information content (AvgIpc) is 2.52. The number of hydrogen-bond acceptors (Lipinski definition) is 4. The molecular formula is C9H12N3O3S+. The summed E-state index contributed by atoms with van der Waals surface area (Å²) in [5, 5.41) is 0. The van der Waals surface area contributed by atoms with E-state index in [0.29, 0.717) is 5.75 Å². The quantitative estimate of drug-likeness (QED) is 0.560. The Morgan fingerprint density at radius 3 is 2.44 bits per heavy atom. The summed E-state index contributed by atoms with van der Waals surface area (Å²) in [6.45, 7) is 0. The second kappa shape index (κ2) is 3.76. The number of ether oxygens (including phenoxy) is 1. The molecule has 0 amide bonds.